The highest BCUT2D eigenvalue weighted by Crippen LogP contribution is 2.19. The van der Waals surface area contributed by atoms with Crippen LogP contribution in [0.15, 0.2) is 24.3 Å². The molecule has 0 aliphatic carbocycles. The molecule has 3 N–H and O–H groups in total. The van der Waals surface area contributed by atoms with E-state index in [9.17, 15) is 14.7 Å². The summed E-state index contributed by atoms with van der Waals surface area (Å²) in [6.07, 6.45) is 0. The van der Waals surface area contributed by atoms with Crippen molar-refractivity contribution in [3.63, 3.8) is 0 Å². The van der Waals surface area contributed by atoms with Gasteiger partial charge in [-0.2, -0.15) is 5.21 Å². The van der Waals surface area contributed by atoms with Crippen molar-refractivity contribution in [3.05, 3.63) is 30.1 Å². The molecule has 0 aliphatic rings. The predicted octanol–water partition coefficient (Wildman–Crippen LogP) is -0.363. The highest BCUT2D eigenvalue weighted by molar-refractivity contribution is 6.05. The maximum atomic E-state index is 12.0. The van der Waals surface area contributed by atoms with Crippen LogP contribution < -0.4 is 4.90 Å². The first-order valence-electron chi connectivity index (χ1n) is 5.14. The van der Waals surface area contributed by atoms with Crippen molar-refractivity contribution < 1.29 is 19.8 Å². The molecule has 0 aliphatic heterocycles. The minimum Gasteiger partial charge on any atom is -0.508 e. The maximum Gasteiger partial charge on any atom is 0.323 e. The zero-order valence-corrected chi connectivity index (χ0v) is 9.52. The molecule has 2 aromatic rings. The molecule has 98 valence electrons. The Morgan fingerprint density at radius 3 is 2.47 bits per heavy atom. The number of hydrogen-bond acceptors (Lipinski definition) is 6. The summed E-state index contributed by atoms with van der Waals surface area (Å²) in [5, 5.41) is 30.4. The van der Waals surface area contributed by atoms with E-state index in [-0.39, 0.29) is 11.6 Å². The molecule has 1 heterocycles. The zero-order chi connectivity index (χ0) is 13.8. The van der Waals surface area contributed by atoms with Crippen LogP contribution in [0.1, 0.15) is 10.6 Å². The van der Waals surface area contributed by atoms with E-state index in [2.05, 4.69) is 20.6 Å². The van der Waals surface area contributed by atoms with E-state index < -0.39 is 18.4 Å². The minimum absolute atomic E-state index is 0.00559. The molecule has 0 saturated heterocycles. The number of H-pyrrole nitrogens is 1. The van der Waals surface area contributed by atoms with Crippen molar-refractivity contribution in [3.8, 4) is 5.75 Å². The van der Waals surface area contributed by atoms with Crippen LogP contribution in [0.5, 0.6) is 5.75 Å². The standard InChI is InChI=1S/C10H9N5O4/c16-7-3-1-6(2-4-7)15(5-8(17)18)10(19)9-11-13-14-12-9/h1-4,16H,5H2,(H,17,18)(H,11,12,13,14). The van der Waals surface area contributed by atoms with Gasteiger partial charge < -0.3 is 10.2 Å². The summed E-state index contributed by atoms with van der Waals surface area (Å²) < 4.78 is 0. The summed E-state index contributed by atoms with van der Waals surface area (Å²) in [5.41, 5.74) is 0.301. The number of phenolic OH excluding ortho intramolecular Hbond substituents is 1. The number of aliphatic carboxylic acids is 1. The highest BCUT2D eigenvalue weighted by Gasteiger charge is 2.23. The van der Waals surface area contributed by atoms with E-state index in [1.165, 1.54) is 24.3 Å². The van der Waals surface area contributed by atoms with Crippen LogP contribution in [0.2, 0.25) is 0 Å². The molecule has 0 atom stereocenters. The number of carboxylic acids is 1. The van der Waals surface area contributed by atoms with Crippen molar-refractivity contribution >= 4 is 17.6 Å². The lowest BCUT2D eigenvalue weighted by Crippen LogP contribution is -2.36. The van der Waals surface area contributed by atoms with Gasteiger partial charge in [0.2, 0.25) is 0 Å². The Hall–Kier alpha value is -2.97. The highest BCUT2D eigenvalue weighted by atomic mass is 16.4. The predicted molar refractivity (Wildman–Crippen MR) is 61.6 cm³/mol. The SMILES string of the molecule is O=C(O)CN(C(=O)c1nn[nH]n1)c1ccc(O)cc1. The summed E-state index contributed by atoms with van der Waals surface area (Å²) in [4.78, 5) is 23.8. The Balaban J connectivity index is 2.33. The topological polar surface area (TPSA) is 132 Å². The molecule has 0 bridgehead atoms. The molecule has 2 rings (SSSR count). The van der Waals surface area contributed by atoms with Crippen molar-refractivity contribution in [2.24, 2.45) is 0 Å². The van der Waals surface area contributed by atoms with Crippen LogP contribution in [0, 0.1) is 0 Å². The Labute approximate surface area is 106 Å². The van der Waals surface area contributed by atoms with Gasteiger partial charge in [0.05, 0.1) is 0 Å². The second-order valence-corrected chi connectivity index (χ2v) is 3.54. The van der Waals surface area contributed by atoms with E-state index in [0.717, 1.165) is 4.90 Å². The number of benzene rings is 1. The quantitative estimate of drug-likeness (QED) is 0.685. The lowest BCUT2D eigenvalue weighted by atomic mass is 10.2. The molecule has 0 radical (unpaired) electrons. The maximum absolute atomic E-state index is 12.0. The number of aromatic nitrogens is 4. The van der Waals surface area contributed by atoms with Gasteiger partial charge in [-0.25, -0.2) is 0 Å². The number of phenols is 1. The third kappa shape index (κ3) is 2.83. The van der Waals surface area contributed by atoms with Crippen molar-refractivity contribution in [1.82, 2.24) is 20.6 Å². The normalized spacial score (nSPS) is 10.1. The Morgan fingerprint density at radius 2 is 1.95 bits per heavy atom. The Bertz CT molecular complexity index is 580. The number of tetrazole rings is 1. The zero-order valence-electron chi connectivity index (χ0n) is 9.52. The largest absolute Gasteiger partial charge is 0.508 e. The summed E-state index contributed by atoms with van der Waals surface area (Å²) in [7, 11) is 0. The molecular weight excluding hydrogens is 254 g/mol. The Kier molecular flexibility index (Phi) is 3.37. The summed E-state index contributed by atoms with van der Waals surface area (Å²) >= 11 is 0. The number of aromatic amines is 1. The number of nitrogens with zero attached hydrogens (tertiary/aromatic N) is 4. The van der Waals surface area contributed by atoms with Gasteiger partial charge in [0, 0.05) is 5.69 Å². The molecule has 19 heavy (non-hydrogen) atoms. The number of carbonyl (C=O) groups excluding carboxylic acids is 1. The lowest BCUT2D eigenvalue weighted by Gasteiger charge is -2.18. The number of amides is 1. The Morgan fingerprint density at radius 1 is 1.26 bits per heavy atom. The van der Waals surface area contributed by atoms with E-state index in [1.807, 2.05) is 0 Å². The smallest absolute Gasteiger partial charge is 0.323 e. The van der Waals surface area contributed by atoms with Crippen LogP contribution in [0.25, 0.3) is 0 Å². The van der Waals surface area contributed by atoms with Gasteiger partial charge in [-0.3, -0.25) is 14.5 Å². The summed E-state index contributed by atoms with van der Waals surface area (Å²) in [6.45, 7) is -0.557. The van der Waals surface area contributed by atoms with E-state index in [1.54, 1.807) is 0 Å². The first-order valence-corrected chi connectivity index (χ1v) is 5.14. The molecule has 1 aromatic carbocycles. The average Bonchev–Trinajstić information content (AvgIpc) is 2.90. The van der Waals surface area contributed by atoms with Crippen molar-refractivity contribution in [2.75, 3.05) is 11.4 Å². The molecule has 0 unspecified atom stereocenters. The molecule has 1 aromatic heterocycles. The number of carbonyl (C=O) groups is 2. The van der Waals surface area contributed by atoms with Gasteiger partial charge >= 0.3 is 5.97 Å². The van der Waals surface area contributed by atoms with Crippen LogP contribution in [0.4, 0.5) is 5.69 Å². The van der Waals surface area contributed by atoms with Crippen LogP contribution in [-0.4, -0.2) is 49.3 Å². The van der Waals surface area contributed by atoms with Crippen molar-refractivity contribution in [1.29, 1.82) is 0 Å². The number of anilines is 1. The molecule has 0 fully saturated rings. The molecule has 1 amide bonds. The van der Waals surface area contributed by atoms with Gasteiger partial charge in [0.15, 0.2) is 0 Å². The molecule has 0 spiro atoms. The fourth-order valence-corrected chi connectivity index (χ4v) is 1.42. The summed E-state index contributed by atoms with van der Waals surface area (Å²) in [5.74, 6) is -2.13. The molecule has 0 saturated carbocycles. The van der Waals surface area contributed by atoms with Crippen LogP contribution in [-0.2, 0) is 4.79 Å². The van der Waals surface area contributed by atoms with Crippen LogP contribution >= 0.6 is 0 Å². The number of aromatic hydroxyl groups is 1. The fraction of sp³-hybridized carbons (Fsp3) is 0.100. The second-order valence-electron chi connectivity index (χ2n) is 3.54. The first-order chi connectivity index (χ1) is 9.08. The molecular formula is C10H9N5O4. The fourth-order valence-electron chi connectivity index (χ4n) is 1.42. The summed E-state index contributed by atoms with van der Waals surface area (Å²) in [6, 6.07) is 5.51. The first kappa shape index (κ1) is 12.5. The molecule has 9 nitrogen and oxygen atoms in total. The average molecular weight is 263 g/mol. The van der Waals surface area contributed by atoms with Gasteiger partial charge in [0.25, 0.3) is 11.7 Å². The lowest BCUT2D eigenvalue weighted by molar-refractivity contribution is -0.135. The second kappa shape index (κ2) is 5.12. The number of nitrogens with one attached hydrogen (secondary N) is 1. The number of carboxylic acid groups (broad SMARTS) is 1. The van der Waals surface area contributed by atoms with Gasteiger partial charge in [-0.05, 0) is 29.5 Å². The van der Waals surface area contributed by atoms with Gasteiger partial charge in [0.1, 0.15) is 12.3 Å². The van der Waals surface area contributed by atoms with Gasteiger partial charge in [-0.1, -0.05) is 0 Å². The van der Waals surface area contributed by atoms with E-state index >= 15 is 0 Å². The minimum atomic E-state index is -1.19. The van der Waals surface area contributed by atoms with Gasteiger partial charge in [-0.15, -0.1) is 10.2 Å². The number of rotatable bonds is 4. The van der Waals surface area contributed by atoms with Crippen LogP contribution in [0.3, 0.4) is 0 Å². The van der Waals surface area contributed by atoms with E-state index in [0.29, 0.717) is 5.69 Å². The monoisotopic (exact) mass is 263 g/mol. The number of hydrogen-bond donors (Lipinski definition) is 3. The van der Waals surface area contributed by atoms with E-state index in [4.69, 9.17) is 5.11 Å². The third-order valence-corrected chi connectivity index (χ3v) is 2.24. The molecule has 9 heteroatoms. The van der Waals surface area contributed by atoms with Crippen molar-refractivity contribution in [2.45, 2.75) is 0 Å². The third-order valence-electron chi connectivity index (χ3n) is 2.24.